The van der Waals surface area contributed by atoms with E-state index in [-0.39, 0.29) is 12.2 Å². The fourth-order valence-corrected chi connectivity index (χ4v) is 1.44. The lowest BCUT2D eigenvalue weighted by Crippen LogP contribution is -2.43. The van der Waals surface area contributed by atoms with Crippen molar-refractivity contribution in [1.29, 1.82) is 0 Å². The van der Waals surface area contributed by atoms with E-state index in [1.165, 1.54) is 12.1 Å². The average Bonchev–Trinajstić information content (AvgIpc) is 2.30. The lowest BCUT2D eigenvalue weighted by Gasteiger charge is -2.13. The van der Waals surface area contributed by atoms with Gasteiger partial charge in [0.25, 0.3) is 0 Å². The summed E-state index contributed by atoms with van der Waals surface area (Å²) in [5.41, 5.74) is 6.30. The molecule has 1 aromatic rings. The van der Waals surface area contributed by atoms with Crippen LogP contribution in [0, 0.1) is 0 Å². The lowest BCUT2D eigenvalue weighted by molar-refractivity contribution is -0.135. The van der Waals surface area contributed by atoms with Crippen molar-refractivity contribution in [3.63, 3.8) is 0 Å². The number of nitrogens with one attached hydrogen (secondary N) is 1. The molecule has 0 aromatic heterocycles. The van der Waals surface area contributed by atoms with Gasteiger partial charge in [-0.15, -0.1) is 0 Å². The summed E-state index contributed by atoms with van der Waals surface area (Å²) >= 11 is 0. The Morgan fingerprint density at radius 2 is 1.89 bits per heavy atom. The number of aromatic hydroxyl groups is 1. The molecule has 0 spiro atoms. The van der Waals surface area contributed by atoms with Gasteiger partial charge in [-0.1, -0.05) is 12.1 Å². The van der Waals surface area contributed by atoms with E-state index in [1.807, 2.05) is 0 Å². The van der Waals surface area contributed by atoms with Gasteiger partial charge in [0, 0.05) is 6.54 Å². The largest absolute Gasteiger partial charge is 0.508 e. The molecule has 0 aliphatic heterocycles. The molecule has 0 saturated carbocycles. The first-order valence-corrected chi connectivity index (χ1v) is 5.66. The minimum absolute atomic E-state index is 0.0898. The number of alkyl halides is 3. The zero-order valence-electron chi connectivity index (χ0n) is 10.1. The Balaban J connectivity index is 2.38. The summed E-state index contributed by atoms with van der Waals surface area (Å²) in [5, 5.41) is 11.2. The zero-order valence-corrected chi connectivity index (χ0v) is 10.1. The standard InChI is InChI=1S/C12H15F3N2O2/c13-12(14,15)5-6-17-11(19)10(16)7-8-1-3-9(18)4-2-8/h1-4,10,18H,5-7,16H2,(H,17,19)/t10-/m0/s1. The number of rotatable bonds is 5. The summed E-state index contributed by atoms with van der Waals surface area (Å²) in [4.78, 5) is 11.4. The topological polar surface area (TPSA) is 75.3 Å². The first-order chi connectivity index (χ1) is 8.78. The summed E-state index contributed by atoms with van der Waals surface area (Å²) < 4.78 is 35.7. The van der Waals surface area contributed by atoms with Gasteiger partial charge in [-0.3, -0.25) is 4.79 Å². The Kier molecular flexibility index (Phi) is 5.17. The first kappa shape index (κ1) is 15.3. The maximum absolute atomic E-state index is 11.9. The van der Waals surface area contributed by atoms with Crippen LogP contribution in [0.1, 0.15) is 12.0 Å². The van der Waals surface area contributed by atoms with Gasteiger partial charge < -0.3 is 16.2 Å². The molecule has 7 heteroatoms. The van der Waals surface area contributed by atoms with E-state index >= 15 is 0 Å². The molecule has 4 nitrogen and oxygen atoms in total. The van der Waals surface area contributed by atoms with E-state index in [4.69, 9.17) is 10.8 Å². The molecule has 4 N–H and O–H groups in total. The maximum Gasteiger partial charge on any atom is 0.390 e. The number of phenols is 1. The van der Waals surface area contributed by atoms with E-state index in [9.17, 15) is 18.0 Å². The van der Waals surface area contributed by atoms with Crippen molar-refractivity contribution in [2.45, 2.75) is 25.1 Å². The van der Waals surface area contributed by atoms with Crippen molar-refractivity contribution in [2.75, 3.05) is 6.54 Å². The Bertz CT molecular complexity index is 418. The van der Waals surface area contributed by atoms with Crippen LogP contribution in [0.4, 0.5) is 13.2 Å². The number of hydrogen-bond acceptors (Lipinski definition) is 3. The second-order valence-corrected chi connectivity index (χ2v) is 4.13. The normalized spacial score (nSPS) is 13.1. The van der Waals surface area contributed by atoms with Crippen molar-refractivity contribution in [1.82, 2.24) is 5.32 Å². The van der Waals surface area contributed by atoms with Gasteiger partial charge in [-0.25, -0.2) is 0 Å². The van der Waals surface area contributed by atoms with Gasteiger partial charge in [-0.05, 0) is 24.1 Å². The number of amides is 1. The number of phenolic OH excluding ortho intramolecular Hbond substituents is 1. The smallest absolute Gasteiger partial charge is 0.390 e. The summed E-state index contributed by atoms with van der Waals surface area (Å²) in [6, 6.07) is 5.17. The number of hydrogen-bond donors (Lipinski definition) is 3. The lowest BCUT2D eigenvalue weighted by atomic mass is 10.1. The third-order valence-electron chi connectivity index (χ3n) is 2.44. The second kappa shape index (κ2) is 6.42. The van der Waals surface area contributed by atoms with Gasteiger partial charge in [0.1, 0.15) is 5.75 Å². The molecule has 0 bridgehead atoms. The number of carbonyl (C=O) groups is 1. The monoisotopic (exact) mass is 276 g/mol. The molecule has 0 fully saturated rings. The van der Waals surface area contributed by atoms with Crippen molar-refractivity contribution >= 4 is 5.91 Å². The third-order valence-corrected chi connectivity index (χ3v) is 2.44. The van der Waals surface area contributed by atoms with E-state index in [0.717, 1.165) is 5.56 Å². The fourth-order valence-electron chi connectivity index (χ4n) is 1.44. The fraction of sp³-hybridized carbons (Fsp3) is 0.417. The highest BCUT2D eigenvalue weighted by molar-refractivity contribution is 5.81. The van der Waals surface area contributed by atoms with E-state index < -0.39 is 31.1 Å². The van der Waals surface area contributed by atoms with Crippen LogP contribution in [0.5, 0.6) is 5.75 Å². The minimum Gasteiger partial charge on any atom is -0.508 e. The summed E-state index contributed by atoms with van der Waals surface area (Å²) in [7, 11) is 0. The number of halogens is 3. The van der Waals surface area contributed by atoms with Crippen LogP contribution >= 0.6 is 0 Å². The first-order valence-electron chi connectivity index (χ1n) is 5.66. The molecule has 1 aromatic carbocycles. The van der Waals surface area contributed by atoms with Gasteiger partial charge in [-0.2, -0.15) is 13.2 Å². The van der Waals surface area contributed by atoms with Crippen LogP contribution in [0.2, 0.25) is 0 Å². The van der Waals surface area contributed by atoms with Crippen LogP contribution in [-0.2, 0) is 11.2 Å². The van der Waals surface area contributed by atoms with E-state index in [1.54, 1.807) is 12.1 Å². The SMILES string of the molecule is N[C@@H](Cc1ccc(O)cc1)C(=O)NCCC(F)(F)F. The Morgan fingerprint density at radius 1 is 1.32 bits per heavy atom. The maximum atomic E-state index is 11.9. The molecular weight excluding hydrogens is 261 g/mol. The average molecular weight is 276 g/mol. The van der Waals surface area contributed by atoms with Crippen LogP contribution in [-0.4, -0.2) is 29.8 Å². The molecule has 0 unspecified atom stereocenters. The summed E-state index contributed by atoms with van der Waals surface area (Å²) in [6.07, 6.45) is -5.18. The minimum atomic E-state index is -4.30. The highest BCUT2D eigenvalue weighted by Crippen LogP contribution is 2.18. The molecule has 0 aliphatic rings. The van der Waals surface area contributed by atoms with Crippen molar-refractivity contribution < 1.29 is 23.1 Å². The predicted octanol–water partition coefficient (Wildman–Crippen LogP) is 1.33. The number of nitrogens with two attached hydrogens (primary N) is 1. The predicted molar refractivity (Wildman–Crippen MR) is 63.5 cm³/mol. The molecule has 0 radical (unpaired) electrons. The Labute approximate surface area is 108 Å². The van der Waals surface area contributed by atoms with Crippen molar-refractivity contribution in [3.8, 4) is 5.75 Å². The van der Waals surface area contributed by atoms with E-state index in [2.05, 4.69) is 5.32 Å². The van der Waals surface area contributed by atoms with Gasteiger partial charge >= 0.3 is 6.18 Å². The molecule has 0 saturated heterocycles. The second-order valence-electron chi connectivity index (χ2n) is 4.13. The van der Waals surface area contributed by atoms with Crippen LogP contribution in [0.3, 0.4) is 0 Å². The third kappa shape index (κ3) is 6.10. The van der Waals surface area contributed by atoms with Crippen LogP contribution < -0.4 is 11.1 Å². The van der Waals surface area contributed by atoms with Crippen LogP contribution in [0.25, 0.3) is 0 Å². The van der Waals surface area contributed by atoms with E-state index in [0.29, 0.717) is 0 Å². The van der Waals surface area contributed by atoms with Gasteiger partial charge in [0.05, 0.1) is 12.5 Å². The van der Waals surface area contributed by atoms with Crippen molar-refractivity contribution in [2.24, 2.45) is 5.73 Å². The van der Waals surface area contributed by atoms with Crippen LogP contribution in [0.15, 0.2) is 24.3 Å². The summed E-state index contributed by atoms with van der Waals surface area (Å²) in [5.74, 6) is -0.538. The van der Waals surface area contributed by atoms with Crippen molar-refractivity contribution in [3.05, 3.63) is 29.8 Å². The molecule has 1 atom stereocenters. The zero-order chi connectivity index (χ0) is 14.5. The number of benzene rings is 1. The number of carbonyl (C=O) groups excluding carboxylic acids is 1. The molecular formula is C12H15F3N2O2. The van der Waals surface area contributed by atoms with Gasteiger partial charge in [0.2, 0.25) is 5.91 Å². The molecule has 106 valence electrons. The Morgan fingerprint density at radius 3 is 2.42 bits per heavy atom. The molecule has 0 aliphatic carbocycles. The molecule has 1 rings (SSSR count). The Hall–Kier alpha value is -1.76. The quantitative estimate of drug-likeness (QED) is 0.759. The highest BCUT2D eigenvalue weighted by Gasteiger charge is 2.27. The molecule has 19 heavy (non-hydrogen) atoms. The highest BCUT2D eigenvalue weighted by atomic mass is 19.4. The molecule has 0 heterocycles. The summed E-state index contributed by atoms with van der Waals surface area (Å²) in [6.45, 7) is -0.481. The molecule has 1 amide bonds. The van der Waals surface area contributed by atoms with Gasteiger partial charge in [0.15, 0.2) is 0 Å².